The van der Waals surface area contributed by atoms with Crippen molar-refractivity contribution in [2.75, 3.05) is 26.4 Å². The number of rotatable bonds is 16. The van der Waals surface area contributed by atoms with Gasteiger partial charge in [0.05, 0.1) is 30.2 Å². The summed E-state index contributed by atoms with van der Waals surface area (Å²) in [4.78, 5) is 34.5. The lowest BCUT2D eigenvalue weighted by molar-refractivity contribution is -0.139. The molecule has 0 spiro atoms. The van der Waals surface area contributed by atoms with Gasteiger partial charge in [0.15, 0.2) is 0 Å². The van der Waals surface area contributed by atoms with Gasteiger partial charge in [-0.2, -0.15) is 10.2 Å². The Balaban J connectivity index is 1.40. The number of ether oxygens (including phenoxy) is 5. The van der Waals surface area contributed by atoms with Crippen LogP contribution in [-0.2, 0) is 19.1 Å². The Labute approximate surface area is 237 Å². The molecule has 0 radical (unpaired) electrons. The van der Waals surface area contributed by atoms with Gasteiger partial charge in [0, 0.05) is 12.2 Å². The lowest BCUT2D eigenvalue weighted by Gasteiger charge is -2.08. The molecule has 0 N–H and O–H groups in total. The van der Waals surface area contributed by atoms with Crippen LogP contribution in [-0.4, -0.2) is 44.3 Å². The predicted molar refractivity (Wildman–Crippen MR) is 151 cm³/mol. The lowest BCUT2D eigenvalue weighted by atomic mass is 10.2. The number of benzene rings is 3. The highest BCUT2D eigenvalue weighted by atomic mass is 16.6. The van der Waals surface area contributed by atoms with Crippen LogP contribution in [0.15, 0.2) is 108 Å². The average Bonchev–Trinajstić information content (AvgIpc) is 3.01. The van der Waals surface area contributed by atoms with Gasteiger partial charge in [-0.15, -0.1) is 0 Å². The Morgan fingerprint density at radius 2 is 1.05 bits per heavy atom. The highest BCUT2D eigenvalue weighted by Crippen LogP contribution is 2.24. The average molecular weight is 559 g/mol. The summed E-state index contributed by atoms with van der Waals surface area (Å²) in [7, 11) is 0. The minimum atomic E-state index is -0.504. The zero-order valence-corrected chi connectivity index (χ0v) is 22.4. The van der Waals surface area contributed by atoms with Crippen LogP contribution in [0.25, 0.3) is 0 Å². The lowest BCUT2D eigenvalue weighted by Crippen LogP contribution is -2.09. The molecule has 0 fully saturated rings. The third-order valence-corrected chi connectivity index (χ3v) is 5.24. The number of nitrogens with zero attached hydrogens (tertiary/aromatic N) is 2. The molecule has 0 aliphatic rings. The van der Waals surface area contributed by atoms with Crippen molar-refractivity contribution in [3.63, 3.8) is 0 Å². The number of hydrogen-bond donors (Lipinski definition) is 0. The molecule has 0 unspecified atom stereocenters. The predicted octanol–water partition coefficient (Wildman–Crippen LogP) is 6.32. The van der Waals surface area contributed by atoms with Crippen molar-refractivity contribution in [3.05, 3.63) is 104 Å². The molecule has 41 heavy (non-hydrogen) atoms. The molecule has 10 nitrogen and oxygen atoms in total. The molecule has 212 valence electrons. The second-order valence-electron chi connectivity index (χ2n) is 8.25. The zero-order valence-electron chi connectivity index (χ0n) is 22.4. The van der Waals surface area contributed by atoms with Crippen molar-refractivity contribution >= 4 is 29.3 Å². The van der Waals surface area contributed by atoms with E-state index in [1.807, 2.05) is 0 Å². The van der Waals surface area contributed by atoms with Gasteiger partial charge in [0.2, 0.25) is 0 Å². The van der Waals surface area contributed by atoms with Gasteiger partial charge in [-0.25, -0.2) is 14.4 Å². The van der Waals surface area contributed by atoms with Crippen molar-refractivity contribution in [1.82, 2.24) is 0 Å². The van der Waals surface area contributed by atoms with E-state index >= 15 is 0 Å². The van der Waals surface area contributed by atoms with Gasteiger partial charge in [-0.3, -0.25) is 0 Å². The van der Waals surface area contributed by atoms with Gasteiger partial charge in [-0.05, 0) is 85.6 Å². The van der Waals surface area contributed by atoms with E-state index in [0.29, 0.717) is 60.2 Å². The van der Waals surface area contributed by atoms with E-state index < -0.39 is 17.9 Å². The van der Waals surface area contributed by atoms with E-state index in [-0.39, 0.29) is 13.2 Å². The standard InChI is InChI=1S/C31H30N2O8/c1-3-29(34)39-20-6-5-19-37-26-13-7-23(8-14-26)31(36)41-28-17-11-25(12-18-28)33-32-24-9-15-27(16-10-24)38-21-22-40-30(35)4-2/h3-4,7-18H,1-2,5-6,19-22H2. The first-order valence-electron chi connectivity index (χ1n) is 12.7. The van der Waals surface area contributed by atoms with Gasteiger partial charge < -0.3 is 23.7 Å². The first-order chi connectivity index (χ1) is 20.0. The first-order valence-corrected chi connectivity index (χ1v) is 12.7. The number of esters is 3. The van der Waals surface area contributed by atoms with E-state index in [1.54, 1.807) is 72.8 Å². The molecular formula is C31H30N2O8. The molecule has 3 rings (SSSR count). The van der Waals surface area contributed by atoms with Crippen molar-refractivity contribution in [1.29, 1.82) is 0 Å². The fourth-order valence-electron chi connectivity index (χ4n) is 3.15. The molecule has 0 saturated carbocycles. The highest BCUT2D eigenvalue weighted by molar-refractivity contribution is 5.91. The van der Waals surface area contributed by atoms with Gasteiger partial charge in [0.1, 0.15) is 30.5 Å². The van der Waals surface area contributed by atoms with E-state index in [9.17, 15) is 14.4 Å². The normalized spacial score (nSPS) is 10.4. The maximum absolute atomic E-state index is 12.5. The summed E-state index contributed by atoms with van der Waals surface area (Å²) in [5.74, 6) is 0.149. The van der Waals surface area contributed by atoms with Crippen molar-refractivity contribution < 1.29 is 38.1 Å². The molecule has 0 heterocycles. The molecule has 0 aromatic heterocycles. The summed E-state index contributed by atoms with van der Waals surface area (Å²) in [5, 5.41) is 8.38. The Morgan fingerprint density at radius 1 is 0.585 bits per heavy atom. The van der Waals surface area contributed by atoms with Gasteiger partial charge in [-0.1, -0.05) is 13.2 Å². The molecule has 3 aromatic rings. The van der Waals surface area contributed by atoms with Crippen LogP contribution in [0.1, 0.15) is 23.2 Å². The molecule has 0 amide bonds. The molecule has 10 heteroatoms. The van der Waals surface area contributed by atoms with E-state index in [2.05, 4.69) is 23.4 Å². The van der Waals surface area contributed by atoms with Crippen LogP contribution >= 0.6 is 0 Å². The van der Waals surface area contributed by atoms with Crippen LogP contribution in [0.4, 0.5) is 11.4 Å². The summed E-state index contributed by atoms with van der Waals surface area (Å²) >= 11 is 0. The highest BCUT2D eigenvalue weighted by Gasteiger charge is 2.09. The van der Waals surface area contributed by atoms with Crippen LogP contribution in [0.5, 0.6) is 17.2 Å². The molecular weight excluding hydrogens is 528 g/mol. The number of carbonyl (C=O) groups excluding carboxylic acids is 3. The van der Waals surface area contributed by atoms with Crippen LogP contribution < -0.4 is 14.2 Å². The number of hydrogen-bond acceptors (Lipinski definition) is 10. The number of azo groups is 1. The summed E-state index contributed by atoms with van der Waals surface area (Å²) in [5.41, 5.74) is 1.57. The number of unbranched alkanes of at least 4 members (excludes halogenated alkanes) is 1. The summed E-state index contributed by atoms with van der Waals surface area (Å²) in [6, 6.07) is 20.2. The van der Waals surface area contributed by atoms with E-state index in [1.165, 1.54) is 0 Å². The van der Waals surface area contributed by atoms with Gasteiger partial charge >= 0.3 is 17.9 Å². The Morgan fingerprint density at radius 3 is 1.61 bits per heavy atom. The molecule has 0 aliphatic carbocycles. The third-order valence-electron chi connectivity index (χ3n) is 5.24. The van der Waals surface area contributed by atoms with Crippen molar-refractivity contribution in [3.8, 4) is 17.2 Å². The van der Waals surface area contributed by atoms with Gasteiger partial charge in [0.25, 0.3) is 0 Å². The maximum atomic E-state index is 12.5. The van der Waals surface area contributed by atoms with E-state index in [4.69, 9.17) is 23.7 Å². The zero-order chi connectivity index (χ0) is 29.3. The molecule has 0 bridgehead atoms. The smallest absolute Gasteiger partial charge is 0.343 e. The molecule has 0 aliphatic heterocycles. The summed E-state index contributed by atoms with van der Waals surface area (Å²) in [6.07, 6.45) is 3.61. The molecule has 3 aromatic carbocycles. The second kappa shape index (κ2) is 16.7. The SMILES string of the molecule is C=CC(=O)OCCCCOc1ccc(C(=O)Oc2ccc(N=Nc3ccc(OCCOC(=O)C=C)cc3)cc2)cc1. The Kier molecular flexibility index (Phi) is 12.3. The van der Waals surface area contributed by atoms with Crippen LogP contribution in [0.2, 0.25) is 0 Å². The molecule has 0 atom stereocenters. The quantitative estimate of drug-likeness (QED) is 0.0658. The minimum absolute atomic E-state index is 0.124. The van der Waals surface area contributed by atoms with Crippen molar-refractivity contribution in [2.45, 2.75) is 12.8 Å². The first kappa shape index (κ1) is 30.3. The monoisotopic (exact) mass is 558 g/mol. The van der Waals surface area contributed by atoms with Crippen molar-refractivity contribution in [2.24, 2.45) is 10.2 Å². The fraction of sp³-hybridized carbons (Fsp3) is 0.194. The fourth-order valence-corrected chi connectivity index (χ4v) is 3.15. The third kappa shape index (κ3) is 11.2. The summed E-state index contributed by atoms with van der Waals surface area (Å²) < 4.78 is 26.3. The largest absolute Gasteiger partial charge is 0.494 e. The van der Waals surface area contributed by atoms with Crippen LogP contribution in [0, 0.1) is 0 Å². The summed E-state index contributed by atoms with van der Waals surface area (Å²) in [6.45, 7) is 7.77. The minimum Gasteiger partial charge on any atom is -0.494 e. The second-order valence-corrected chi connectivity index (χ2v) is 8.25. The molecule has 0 saturated heterocycles. The maximum Gasteiger partial charge on any atom is 0.343 e. The van der Waals surface area contributed by atoms with E-state index in [0.717, 1.165) is 12.2 Å². The Bertz CT molecular complexity index is 1330. The Hall–Kier alpha value is -5.25. The number of carbonyl (C=O) groups is 3. The topological polar surface area (TPSA) is 122 Å². The van der Waals surface area contributed by atoms with Crippen LogP contribution in [0.3, 0.4) is 0 Å².